The molecule has 1 aromatic carbocycles. The molecule has 0 bridgehead atoms. The molecule has 0 aromatic heterocycles. The Bertz CT molecular complexity index is 414. The molecule has 2 fully saturated rings. The van der Waals surface area contributed by atoms with Crippen molar-refractivity contribution in [1.82, 2.24) is 5.32 Å². The fraction of sp³-hybridized carbons (Fsp3) is 0.571. The summed E-state index contributed by atoms with van der Waals surface area (Å²) in [4.78, 5) is 0. The van der Waals surface area contributed by atoms with Crippen molar-refractivity contribution in [2.45, 2.75) is 18.9 Å². The molecular weight excluding hydrogens is 250 g/mol. The van der Waals surface area contributed by atoms with Crippen LogP contribution in [0.25, 0.3) is 0 Å². The van der Waals surface area contributed by atoms with Crippen LogP contribution in [0.2, 0.25) is 5.02 Å². The normalized spacial score (nSPS) is 23.9. The second-order valence-electron chi connectivity index (χ2n) is 5.04. The van der Waals surface area contributed by atoms with E-state index < -0.39 is 0 Å². The molecule has 3 nitrogen and oxygen atoms in total. The molecule has 1 heterocycles. The summed E-state index contributed by atoms with van der Waals surface area (Å²) < 4.78 is 11.5. The minimum atomic E-state index is 0.0840. The van der Waals surface area contributed by atoms with Gasteiger partial charge in [-0.15, -0.1) is 0 Å². The summed E-state index contributed by atoms with van der Waals surface area (Å²) in [5.74, 6) is 1.61. The lowest BCUT2D eigenvalue weighted by Crippen LogP contribution is -2.33. The molecule has 18 heavy (non-hydrogen) atoms. The van der Waals surface area contributed by atoms with Gasteiger partial charge in [0.2, 0.25) is 0 Å². The quantitative estimate of drug-likeness (QED) is 0.910. The van der Waals surface area contributed by atoms with Crippen molar-refractivity contribution in [1.29, 1.82) is 0 Å². The number of halogens is 1. The van der Waals surface area contributed by atoms with Gasteiger partial charge >= 0.3 is 0 Å². The molecule has 1 unspecified atom stereocenters. The van der Waals surface area contributed by atoms with Crippen molar-refractivity contribution in [3.63, 3.8) is 0 Å². The number of rotatable bonds is 4. The van der Waals surface area contributed by atoms with E-state index in [9.17, 15) is 0 Å². The summed E-state index contributed by atoms with van der Waals surface area (Å²) in [6.45, 7) is 3.31. The zero-order valence-corrected chi connectivity index (χ0v) is 11.1. The van der Waals surface area contributed by atoms with Gasteiger partial charge in [0.15, 0.2) is 0 Å². The molecule has 1 aromatic rings. The summed E-state index contributed by atoms with van der Waals surface area (Å²) >= 11 is 6.14. The Morgan fingerprint density at radius 3 is 2.94 bits per heavy atom. The summed E-state index contributed by atoms with van der Waals surface area (Å²) in [6.07, 6.45) is 2.67. The Balaban J connectivity index is 1.71. The number of morpholine rings is 1. The van der Waals surface area contributed by atoms with E-state index in [0.717, 1.165) is 43.5 Å². The maximum atomic E-state index is 6.14. The Morgan fingerprint density at radius 2 is 2.22 bits per heavy atom. The zero-order valence-electron chi connectivity index (χ0n) is 10.3. The van der Waals surface area contributed by atoms with Crippen LogP contribution in [-0.2, 0) is 4.74 Å². The zero-order chi connectivity index (χ0) is 12.4. The average molecular weight is 268 g/mol. The first-order valence-electron chi connectivity index (χ1n) is 6.57. The van der Waals surface area contributed by atoms with Crippen molar-refractivity contribution in [2.24, 2.45) is 5.92 Å². The SMILES string of the molecule is Clc1cc(OCC2CC2)cc(C2CNCCO2)c1. The Kier molecular flexibility index (Phi) is 3.73. The van der Waals surface area contributed by atoms with E-state index in [1.807, 2.05) is 18.2 Å². The van der Waals surface area contributed by atoms with Gasteiger partial charge in [0.1, 0.15) is 5.75 Å². The molecular formula is C14H18ClNO2. The van der Waals surface area contributed by atoms with Crippen LogP contribution in [0.15, 0.2) is 18.2 Å². The van der Waals surface area contributed by atoms with Crippen LogP contribution in [0.4, 0.5) is 0 Å². The van der Waals surface area contributed by atoms with E-state index in [4.69, 9.17) is 21.1 Å². The topological polar surface area (TPSA) is 30.5 Å². The minimum absolute atomic E-state index is 0.0840. The van der Waals surface area contributed by atoms with Crippen molar-refractivity contribution in [2.75, 3.05) is 26.3 Å². The van der Waals surface area contributed by atoms with Gasteiger partial charge in [-0.2, -0.15) is 0 Å². The average Bonchev–Trinajstić information content (AvgIpc) is 3.21. The first kappa shape index (κ1) is 12.3. The first-order chi connectivity index (χ1) is 8.81. The predicted molar refractivity (Wildman–Crippen MR) is 71.2 cm³/mol. The maximum Gasteiger partial charge on any atom is 0.121 e. The Labute approximate surface area is 112 Å². The lowest BCUT2D eigenvalue weighted by atomic mass is 10.1. The lowest BCUT2D eigenvalue weighted by Gasteiger charge is -2.24. The molecule has 1 N–H and O–H groups in total. The third kappa shape index (κ3) is 3.16. The summed E-state index contributed by atoms with van der Waals surface area (Å²) in [5.41, 5.74) is 1.10. The van der Waals surface area contributed by atoms with Gasteiger partial charge < -0.3 is 14.8 Å². The van der Waals surface area contributed by atoms with Gasteiger partial charge in [-0.05, 0) is 42.5 Å². The van der Waals surface area contributed by atoms with Crippen LogP contribution in [0, 0.1) is 5.92 Å². The van der Waals surface area contributed by atoms with Crippen molar-refractivity contribution in [3.05, 3.63) is 28.8 Å². The van der Waals surface area contributed by atoms with Gasteiger partial charge in [-0.25, -0.2) is 0 Å². The molecule has 98 valence electrons. The summed E-state index contributed by atoms with van der Waals surface area (Å²) in [5, 5.41) is 4.04. The lowest BCUT2D eigenvalue weighted by molar-refractivity contribution is 0.0275. The van der Waals surface area contributed by atoms with Crippen LogP contribution in [0.1, 0.15) is 24.5 Å². The molecule has 4 heteroatoms. The van der Waals surface area contributed by atoms with E-state index >= 15 is 0 Å². The molecule has 0 radical (unpaired) electrons. The molecule has 0 amide bonds. The highest BCUT2D eigenvalue weighted by Gasteiger charge is 2.22. The number of hydrogen-bond acceptors (Lipinski definition) is 3. The second kappa shape index (κ2) is 5.47. The van der Waals surface area contributed by atoms with Crippen molar-refractivity contribution in [3.8, 4) is 5.75 Å². The summed E-state index contributed by atoms with van der Waals surface area (Å²) in [7, 11) is 0. The van der Waals surface area contributed by atoms with Crippen LogP contribution in [0.5, 0.6) is 5.75 Å². The van der Waals surface area contributed by atoms with E-state index in [1.165, 1.54) is 12.8 Å². The molecule has 1 atom stereocenters. The molecule has 1 aliphatic heterocycles. The van der Waals surface area contributed by atoms with Gasteiger partial charge in [0.25, 0.3) is 0 Å². The van der Waals surface area contributed by atoms with Crippen LogP contribution >= 0.6 is 11.6 Å². The predicted octanol–water partition coefficient (Wildman–Crippen LogP) is 2.79. The Morgan fingerprint density at radius 1 is 1.33 bits per heavy atom. The van der Waals surface area contributed by atoms with E-state index in [1.54, 1.807) is 0 Å². The summed E-state index contributed by atoms with van der Waals surface area (Å²) in [6, 6.07) is 5.89. The third-order valence-corrected chi connectivity index (χ3v) is 3.59. The van der Waals surface area contributed by atoms with Crippen LogP contribution in [-0.4, -0.2) is 26.3 Å². The Hall–Kier alpha value is -0.770. The van der Waals surface area contributed by atoms with Crippen molar-refractivity contribution >= 4 is 11.6 Å². The largest absolute Gasteiger partial charge is 0.493 e. The molecule has 1 saturated carbocycles. The van der Waals surface area contributed by atoms with E-state index in [0.29, 0.717) is 5.02 Å². The highest BCUT2D eigenvalue weighted by Crippen LogP contribution is 2.31. The highest BCUT2D eigenvalue weighted by molar-refractivity contribution is 6.30. The first-order valence-corrected chi connectivity index (χ1v) is 6.94. The van der Waals surface area contributed by atoms with Gasteiger partial charge in [0, 0.05) is 18.1 Å². The molecule has 1 saturated heterocycles. The second-order valence-corrected chi connectivity index (χ2v) is 5.47. The smallest absolute Gasteiger partial charge is 0.121 e. The highest BCUT2D eigenvalue weighted by atomic mass is 35.5. The molecule has 0 spiro atoms. The maximum absolute atomic E-state index is 6.14. The van der Waals surface area contributed by atoms with Gasteiger partial charge in [-0.1, -0.05) is 11.6 Å². The van der Waals surface area contributed by atoms with E-state index in [2.05, 4.69) is 5.32 Å². The molecule has 3 rings (SSSR count). The number of nitrogens with one attached hydrogen (secondary N) is 1. The van der Waals surface area contributed by atoms with Gasteiger partial charge in [-0.3, -0.25) is 0 Å². The fourth-order valence-electron chi connectivity index (χ4n) is 2.13. The van der Waals surface area contributed by atoms with Crippen LogP contribution in [0.3, 0.4) is 0 Å². The minimum Gasteiger partial charge on any atom is -0.493 e. The van der Waals surface area contributed by atoms with Gasteiger partial charge in [0.05, 0.1) is 19.3 Å². The van der Waals surface area contributed by atoms with Crippen molar-refractivity contribution < 1.29 is 9.47 Å². The number of hydrogen-bond donors (Lipinski definition) is 1. The van der Waals surface area contributed by atoms with E-state index in [-0.39, 0.29) is 6.10 Å². The third-order valence-electron chi connectivity index (χ3n) is 3.38. The van der Waals surface area contributed by atoms with Crippen LogP contribution < -0.4 is 10.1 Å². The molecule has 2 aliphatic rings. The monoisotopic (exact) mass is 267 g/mol. The number of benzene rings is 1. The fourth-order valence-corrected chi connectivity index (χ4v) is 2.37. The molecule has 1 aliphatic carbocycles. The number of ether oxygens (including phenoxy) is 2. The standard InChI is InChI=1S/C14H18ClNO2/c15-12-5-11(14-8-16-3-4-17-14)6-13(7-12)18-9-10-1-2-10/h5-7,10,14,16H,1-4,8-9H2.